The molecule has 520 valence electrons. The number of carboxylic acids is 1. The van der Waals surface area contributed by atoms with Gasteiger partial charge in [-0.2, -0.15) is 0 Å². The van der Waals surface area contributed by atoms with Crippen molar-refractivity contribution in [2.75, 3.05) is 26.4 Å². The van der Waals surface area contributed by atoms with Crippen LogP contribution in [-0.4, -0.2) is 128 Å². The molecular weight excluding hydrogens is 1130 g/mol. The summed E-state index contributed by atoms with van der Waals surface area (Å²) in [5, 5.41) is 11.5. The average Bonchev–Trinajstić information content (AvgIpc) is 1.05. The van der Waals surface area contributed by atoms with E-state index < -0.39 is 60.5 Å². The van der Waals surface area contributed by atoms with E-state index in [1.165, 1.54) is 167 Å². The van der Waals surface area contributed by atoms with Crippen LogP contribution in [0.15, 0.2) is 24.7 Å². The van der Waals surface area contributed by atoms with Crippen LogP contribution in [0.25, 0.3) is 0 Å². The highest BCUT2D eigenvalue weighted by atomic mass is 16.8. The van der Waals surface area contributed by atoms with Gasteiger partial charge in [0, 0.05) is 26.1 Å². The van der Waals surface area contributed by atoms with Crippen LogP contribution in [-0.2, 0) is 66.5 Å². The van der Waals surface area contributed by atoms with Crippen LogP contribution in [0.4, 0.5) is 0 Å². The number of fused-ring (bicyclic) bond motifs is 2. The molecule has 4 heterocycles. The first-order valence-corrected chi connectivity index (χ1v) is 36.0. The maximum absolute atomic E-state index is 13.2. The second-order valence-corrected chi connectivity index (χ2v) is 26.2. The summed E-state index contributed by atoms with van der Waals surface area (Å²) < 4.78 is 60.6. The number of allylic oxidation sites excluding steroid dienone is 2. The molecule has 10 atom stereocenters. The van der Waals surface area contributed by atoms with Crippen molar-refractivity contribution in [3.8, 4) is 0 Å². The molecule has 1 amide bonds. The highest BCUT2D eigenvalue weighted by molar-refractivity contribution is 5.98. The van der Waals surface area contributed by atoms with Gasteiger partial charge in [-0.15, -0.1) is 0 Å². The quantitative estimate of drug-likeness (QED) is 0.0293. The van der Waals surface area contributed by atoms with E-state index in [-0.39, 0.29) is 48.6 Å². The Bertz CT molecular complexity index is 1850. The van der Waals surface area contributed by atoms with Gasteiger partial charge >= 0.3 is 5.97 Å². The van der Waals surface area contributed by atoms with Crippen LogP contribution in [0, 0.1) is 0 Å². The second-order valence-electron chi connectivity index (χ2n) is 26.2. The SMILES string of the molecule is C/C=C\O[C@H]1O[C@@H]2COC(C)(C)O[C@H]2[C@H](OCCCCCCCCCC)[C@H]1N.C/C=C\O[C@H]1O[C@@H]2COC(C)(C)O[C@H]2[C@H](OCCCCCCCCCC)[C@H]1NC(=O)CC(=O)CCCCCCCCCCC.CCCCCCCCCCCC(=O)CC(=O)O. The molecule has 0 radical (unpaired) electrons. The summed E-state index contributed by atoms with van der Waals surface area (Å²) in [5.74, 6) is -2.99. The number of ketones is 2. The van der Waals surface area contributed by atoms with Crippen molar-refractivity contribution < 1.29 is 71.7 Å². The van der Waals surface area contributed by atoms with Crippen LogP contribution in [0.2, 0.25) is 0 Å². The minimum Gasteiger partial charge on any atom is -0.481 e. The van der Waals surface area contributed by atoms with E-state index in [2.05, 4.69) is 33.0 Å². The number of carboxylic acid groups (broad SMARTS) is 1. The molecule has 17 heteroatoms. The number of hydrogen-bond acceptors (Lipinski definition) is 15. The summed E-state index contributed by atoms with van der Waals surface area (Å²) in [6.45, 7) is 22.3. The van der Waals surface area contributed by atoms with Gasteiger partial charge in [-0.3, -0.25) is 19.2 Å². The molecular formula is C72H132N2O15. The van der Waals surface area contributed by atoms with Crippen LogP contribution in [0.3, 0.4) is 0 Å². The number of nitrogens with one attached hydrogen (secondary N) is 1. The Morgan fingerprint density at radius 3 is 1.21 bits per heavy atom. The molecule has 0 saturated carbocycles. The number of Topliss-reactive ketones (excluding diaryl/α,β-unsaturated/α-hetero) is 2. The van der Waals surface area contributed by atoms with Gasteiger partial charge in [0.05, 0.1) is 38.2 Å². The second kappa shape index (κ2) is 51.4. The first-order chi connectivity index (χ1) is 43.0. The van der Waals surface area contributed by atoms with Gasteiger partial charge in [-0.25, -0.2) is 0 Å². The summed E-state index contributed by atoms with van der Waals surface area (Å²) in [6, 6.07) is -1.05. The lowest BCUT2D eigenvalue weighted by Crippen LogP contribution is -2.69. The molecule has 0 bridgehead atoms. The topological polar surface area (TPSA) is 219 Å². The number of nitrogens with two attached hydrogens (primary N) is 1. The zero-order chi connectivity index (χ0) is 65.4. The molecule has 4 N–H and O–H groups in total. The summed E-state index contributed by atoms with van der Waals surface area (Å²) in [7, 11) is 0. The van der Waals surface area contributed by atoms with Crippen LogP contribution >= 0.6 is 0 Å². The van der Waals surface area contributed by atoms with Crippen molar-refractivity contribution in [1.82, 2.24) is 5.32 Å². The first kappa shape index (κ1) is 82.1. The summed E-state index contributed by atoms with van der Waals surface area (Å²) in [5.41, 5.74) is 6.44. The Morgan fingerprint density at radius 2 is 0.820 bits per heavy atom. The fraction of sp³-hybridized carbons (Fsp3) is 0.889. The summed E-state index contributed by atoms with van der Waals surface area (Å²) in [6.07, 6.45) is 45.1. The van der Waals surface area contributed by atoms with E-state index in [1.54, 1.807) is 18.6 Å². The molecule has 0 unspecified atom stereocenters. The Kier molecular flexibility index (Phi) is 47.4. The number of aliphatic carboxylic acids is 1. The monoisotopic (exact) mass is 1260 g/mol. The molecule has 0 aromatic rings. The maximum Gasteiger partial charge on any atom is 0.310 e. The minimum absolute atomic E-state index is 0.0363. The number of ether oxygens (including phenoxy) is 10. The number of carbonyl (C=O) groups excluding carboxylic acids is 3. The van der Waals surface area contributed by atoms with Crippen molar-refractivity contribution in [1.29, 1.82) is 0 Å². The number of unbranched alkanes of at least 4 members (excludes halogenated alkanes) is 30. The maximum atomic E-state index is 13.2. The largest absolute Gasteiger partial charge is 0.481 e. The lowest BCUT2D eigenvalue weighted by molar-refractivity contribution is -0.368. The predicted octanol–water partition coefficient (Wildman–Crippen LogP) is 16.5. The Balaban J connectivity index is 0.000000509. The number of carbonyl (C=O) groups is 4. The van der Waals surface area contributed by atoms with E-state index >= 15 is 0 Å². The van der Waals surface area contributed by atoms with Crippen molar-refractivity contribution in [2.45, 2.75) is 386 Å². The van der Waals surface area contributed by atoms with Gasteiger partial charge < -0.3 is 63.5 Å². The fourth-order valence-electron chi connectivity index (χ4n) is 11.7. The van der Waals surface area contributed by atoms with E-state index in [1.807, 2.05) is 47.6 Å². The van der Waals surface area contributed by atoms with E-state index in [4.69, 9.17) is 58.2 Å². The normalized spacial score (nSPS) is 24.4. The number of rotatable bonds is 49. The molecule has 0 aromatic heterocycles. The highest BCUT2D eigenvalue weighted by Crippen LogP contribution is 2.36. The third kappa shape index (κ3) is 38.7. The minimum atomic E-state index is -1.01. The third-order valence-corrected chi connectivity index (χ3v) is 16.8. The van der Waals surface area contributed by atoms with Gasteiger partial charge in [-0.1, -0.05) is 232 Å². The van der Waals surface area contributed by atoms with Gasteiger partial charge in [0.15, 0.2) is 11.6 Å². The highest BCUT2D eigenvalue weighted by Gasteiger charge is 2.54. The van der Waals surface area contributed by atoms with Gasteiger partial charge in [-0.05, 0) is 67.2 Å². The number of amides is 1. The van der Waals surface area contributed by atoms with Gasteiger partial charge in [0.2, 0.25) is 18.5 Å². The molecule has 0 spiro atoms. The smallest absolute Gasteiger partial charge is 0.310 e. The first-order valence-electron chi connectivity index (χ1n) is 36.0. The summed E-state index contributed by atoms with van der Waals surface area (Å²) >= 11 is 0. The van der Waals surface area contributed by atoms with Crippen LogP contribution in [0.1, 0.15) is 313 Å². The lowest BCUT2D eigenvalue weighted by Gasteiger charge is -2.50. The van der Waals surface area contributed by atoms with Crippen molar-refractivity contribution in [3.05, 3.63) is 24.7 Å². The van der Waals surface area contributed by atoms with E-state index in [0.29, 0.717) is 39.3 Å². The van der Waals surface area contributed by atoms with E-state index in [9.17, 15) is 19.2 Å². The molecule has 0 aliphatic carbocycles. The zero-order valence-electron chi connectivity index (χ0n) is 58.0. The average molecular weight is 1270 g/mol. The molecule has 4 fully saturated rings. The van der Waals surface area contributed by atoms with Crippen molar-refractivity contribution >= 4 is 23.4 Å². The fourth-order valence-corrected chi connectivity index (χ4v) is 11.7. The molecule has 4 aliphatic heterocycles. The zero-order valence-corrected chi connectivity index (χ0v) is 58.0. The summed E-state index contributed by atoms with van der Waals surface area (Å²) in [4.78, 5) is 47.2. The molecule has 89 heavy (non-hydrogen) atoms. The lowest BCUT2D eigenvalue weighted by atomic mass is 9.94. The third-order valence-electron chi connectivity index (χ3n) is 16.8. The standard InChI is InChI=1S/C36H65NO7.C22H41NO5.C14H26O3/c1-6-9-11-13-15-17-18-20-22-24-29(38)27-31(39)37-32-34(40-26-23-21-19-16-14-12-10-7-2)33-30(28-42-36(4,5)44-33)43-35(32)41-25-8-3;1-5-7-8-9-10-11-12-13-15-24-20-18(23)21(25-14-6-2)27-17-16-26-22(3,4)28-19(17)20;1-2-3-4-5-6-7-8-9-10-11-13(15)12-14(16)17/h8,25,30,32-35H,6-7,9-24,26-28H2,1-5H3,(H,37,39);6,14,17-21H,5,7-13,15-16,23H2,1-4H3;2-12H2,1H3,(H,16,17)/b25-8-;14-6-;/t30-,32-,33-,34-,35+;17-,18-,19-,20-,21+;/m11./s1. The van der Waals surface area contributed by atoms with Crippen molar-refractivity contribution in [3.63, 3.8) is 0 Å². The molecule has 4 saturated heterocycles. The predicted molar refractivity (Wildman–Crippen MR) is 354 cm³/mol. The molecule has 4 rings (SSSR count). The van der Waals surface area contributed by atoms with Gasteiger partial charge in [0.1, 0.15) is 60.7 Å². The van der Waals surface area contributed by atoms with Gasteiger partial charge in [0.25, 0.3) is 0 Å². The Labute approximate surface area is 541 Å². The number of hydrogen-bond donors (Lipinski definition) is 3. The van der Waals surface area contributed by atoms with Crippen molar-refractivity contribution in [2.24, 2.45) is 5.73 Å². The van der Waals surface area contributed by atoms with Crippen LogP contribution in [0.5, 0.6) is 0 Å². The Morgan fingerprint density at radius 1 is 0.483 bits per heavy atom. The molecule has 4 aliphatic rings. The van der Waals surface area contributed by atoms with E-state index in [0.717, 1.165) is 51.4 Å². The molecule has 17 nitrogen and oxygen atoms in total. The Hall–Kier alpha value is -3.00. The molecule has 0 aromatic carbocycles. The van der Waals surface area contributed by atoms with Crippen LogP contribution < -0.4 is 11.1 Å².